The Bertz CT molecular complexity index is 570. The molecule has 1 aliphatic rings. The highest BCUT2D eigenvalue weighted by Crippen LogP contribution is 2.30. The third-order valence-corrected chi connectivity index (χ3v) is 4.10. The van der Waals surface area contributed by atoms with Gasteiger partial charge in [-0.3, -0.25) is 0 Å². The minimum Gasteiger partial charge on any atom is -0.369 e. The van der Waals surface area contributed by atoms with Gasteiger partial charge in [0.05, 0.1) is 5.52 Å². The molecule has 1 aromatic carbocycles. The van der Waals surface area contributed by atoms with E-state index in [2.05, 4.69) is 47.7 Å². The highest BCUT2D eigenvalue weighted by Gasteiger charge is 2.19. The molecule has 0 radical (unpaired) electrons. The lowest BCUT2D eigenvalue weighted by atomic mass is 10.0. The lowest BCUT2D eigenvalue weighted by molar-refractivity contribution is 0.507. The van der Waals surface area contributed by atoms with Gasteiger partial charge in [-0.15, -0.1) is 0 Å². The highest BCUT2D eigenvalue weighted by molar-refractivity contribution is 5.93. The highest BCUT2D eigenvalue weighted by atomic mass is 15.2. The smallest absolute Gasteiger partial charge is 0.0500 e. The van der Waals surface area contributed by atoms with E-state index in [1.54, 1.807) is 0 Å². The zero-order valence-corrected chi connectivity index (χ0v) is 11.2. The van der Waals surface area contributed by atoms with Gasteiger partial charge >= 0.3 is 0 Å². The van der Waals surface area contributed by atoms with E-state index in [0.29, 0.717) is 6.04 Å². The van der Waals surface area contributed by atoms with Gasteiger partial charge in [0.2, 0.25) is 0 Å². The van der Waals surface area contributed by atoms with Crippen molar-refractivity contribution in [3.63, 3.8) is 0 Å². The van der Waals surface area contributed by atoms with Gasteiger partial charge in [0.15, 0.2) is 0 Å². The molecule has 3 heteroatoms. The number of hydrogen-bond donors (Lipinski definition) is 1. The molecule has 0 amide bonds. The van der Waals surface area contributed by atoms with Gasteiger partial charge in [-0.2, -0.15) is 0 Å². The van der Waals surface area contributed by atoms with Crippen LogP contribution in [0, 0.1) is 6.92 Å². The molecule has 0 bridgehead atoms. The molecule has 0 aliphatic carbocycles. The maximum atomic E-state index is 6.09. The van der Waals surface area contributed by atoms with Crippen LogP contribution >= 0.6 is 0 Å². The van der Waals surface area contributed by atoms with Crippen LogP contribution in [0.15, 0.2) is 24.3 Å². The number of anilines is 1. The first-order valence-electron chi connectivity index (χ1n) is 6.72. The molecule has 3 rings (SSSR count). The van der Waals surface area contributed by atoms with Crippen LogP contribution in [0.2, 0.25) is 0 Å². The van der Waals surface area contributed by atoms with Crippen LogP contribution in [0.25, 0.3) is 10.9 Å². The zero-order valence-electron chi connectivity index (χ0n) is 11.2. The molecular formula is C15H21N3. The number of piperidine rings is 1. The van der Waals surface area contributed by atoms with E-state index in [1.807, 2.05) is 0 Å². The molecule has 18 heavy (non-hydrogen) atoms. The number of benzene rings is 1. The number of fused-ring (bicyclic) bond motifs is 1. The summed E-state index contributed by atoms with van der Waals surface area (Å²) in [6, 6.07) is 9.16. The number of nitrogens with two attached hydrogens (primary N) is 1. The molecule has 1 unspecified atom stereocenters. The molecule has 1 atom stereocenters. The molecule has 2 aromatic rings. The quantitative estimate of drug-likeness (QED) is 0.834. The van der Waals surface area contributed by atoms with E-state index < -0.39 is 0 Å². The van der Waals surface area contributed by atoms with Crippen molar-refractivity contribution in [2.45, 2.75) is 25.8 Å². The Labute approximate surface area is 108 Å². The summed E-state index contributed by atoms with van der Waals surface area (Å²) in [5.74, 6) is 0. The standard InChI is InChI=1S/C15H21N3/c1-11-9-13-14(17(11)2)6-3-7-15(13)18-8-4-5-12(16)10-18/h3,6-7,9,12H,4-5,8,10,16H2,1-2H3. The maximum absolute atomic E-state index is 6.09. The van der Waals surface area contributed by atoms with E-state index >= 15 is 0 Å². The summed E-state index contributed by atoms with van der Waals surface area (Å²) in [6.45, 7) is 4.26. The first kappa shape index (κ1) is 11.6. The fraction of sp³-hybridized carbons (Fsp3) is 0.467. The second-order valence-electron chi connectivity index (χ2n) is 5.40. The van der Waals surface area contributed by atoms with Crippen LogP contribution in [0.4, 0.5) is 5.69 Å². The summed E-state index contributed by atoms with van der Waals surface area (Å²) in [4.78, 5) is 2.44. The van der Waals surface area contributed by atoms with Gasteiger partial charge in [0.25, 0.3) is 0 Å². The molecule has 1 saturated heterocycles. The van der Waals surface area contributed by atoms with Crippen molar-refractivity contribution in [3.05, 3.63) is 30.0 Å². The molecular weight excluding hydrogens is 222 g/mol. The Balaban J connectivity index is 2.08. The molecule has 3 nitrogen and oxygen atoms in total. The van der Waals surface area contributed by atoms with Crippen molar-refractivity contribution < 1.29 is 0 Å². The summed E-state index contributed by atoms with van der Waals surface area (Å²) in [7, 11) is 2.13. The fourth-order valence-electron chi connectivity index (χ4n) is 2.98. The lowest BCUT2D eigenvalue weighted by Gasteiger charge is -2.33. The van der Waals surface area contributed by atoms with E-state index in [1.165, 1.54) is 28.7 Å². The van der Waals surface area contributed by atoms with Crippen molar-refractivity contribution in [1.29, 1.82) is 0 Å². The largest absolute Gasteiger partial charge is 0.369 e. The number of nitrogens with zero attached hydrogens (tertiary/aromatic N) is 2. The number of aromatic nitrogens is 1. The van der Waals surface area contributed by atoms with E-state index in [-0.39, 0.29) is 0 Å². The maximum Gasteiger partial charge on any atom is 0.0500 e. The minimum atomic E-state index is 0.318. The Hall–Kier alpha value is -1.48. The predicted molar refractivity (Wildman–Crippen MR) is 77.1 cm³/mol. The van der Waals surface area contributed by atoms with Gasteiger partial charge in [-0.1, -0.05) is 6.07 Å². The van der Waals surface area contributed by atoms with Crippen molar-refractivity contribution in [1.82, 2.24) is 4.57 Å². The Kier molecular flexibility index (Phi) is 2.78. The monoisotopic (exact) mass is 243 g/mol. The van der Waals surface area contributed by atoms with Gasteiger partial charge in [0, 0.05) is 42.9 Å². The first-order chi connectivity index (χ1) is 8.66. The third kappa shape index (κ3) is 1.79. The second kappa shape index (κ2) is 4.32. The predicted octanol–water partition coefficient (Wildman–Crippen LogP) is 2.41. The summed E-state index contributed by atoms with van der Waals surface area (Å²) >= 11 is 0. The average molecular weight is 243 g/mol. The van der Waals surface area contributed by atoms with Gasteiger partial charge < -0.3 is 15.2 Å². The van der Waals surface area contributed by atoms with Crippen LogP contribution in [0.1, 0.15) is 18.5 Å². The summed E-state index contributed by atoms with van der Waals surface area (Å²) in [5.41, 5.74) is 10.0. The molecule has 1 aromatic heterocycles. The van der Waals surface area contributed by atoms with Crippen molar-refractivity contribution in [2.24, 2.45) is 12.8 Å². The molecule has 1 fully saturated rings. The van der Waals surface area contributed by atoms with Crippen molar-refractivity contribution in [3.8, 4) is 0 Å². The Morgan fingerprint density at radius 1 is 1.33 bits per heavy atom. The van der Waals surface area contributed by atoms with Crippen LogP contribution in [0.3, 0.4) is 0 Å². The number of hydrogen-bond acceptors (Lipinski definition) is 2. The minimum absolute atomic E-state index is 0.318. The lowest BCUT2D eigenvalue weighted by Crippen LogP contribution is -2.42. The second-order valence-corrected chi connectivity index (χ2v) is 5.40. The van der Waals surface area contributed by atoms with Gasteiger partial charge in [0.1, 0.15) is 0 Å². The van der Waals surface area contributed by atoms with Crippen molar-refractivity contribution in [2.75, 3.05) is 18.0 Å². The van der Waals surface area contributed by atoms with Gasteiger partial charge in [-0.25, -0.2) is 0 Å². The topological polar surface area (TPSA) is 34.2 Å². The van der Waals surface area contributed by atoms with Crippen LogP contribution in [-0.2, 0) is 7.05 Å². The first-order valence-corrected chi connectivity index (χ1v) is 6.72. The van der Waals surface area contributed by atoms with Crippen LogP contribution in [0.5, 0.6) is 0 Å². The zero-order chi connectivity index (χ0) is 12.7. The summed E-state index contributed by atoms with van der Waals surface area (Å²) < 4.78 is 2.25. The Morgan fingerprint density at radius 3 is 2.94 bits per heavy atom. The normalized spacial score (nSPS) is 20.6. The summed E-state index contributed by atoms with van der Waals surface area (Å²) in [6.07, 6.45) is 2.35. The van der Waals surface area contributed by atoms with Crippen LogP contribution < -0.4 is 10.6 Å². The summed E-state index contributed by atoms with van der Waals surface area (Å²) in [5, 5.41) is 1.35. The molecule has 1 aliphatic heterocycles. The molecule has 0 saturated carbocycles. The fourth-order valence-corrected chi connectivity index (χ4v) is 2.98. The third-order valence-electron chi connectivity index (χ3n) is 4.10. The molecule has 2 heterocycles. The van der Waals surface area contributed by atoms with Crippen LogP contribution in [-0.4, -0.2) is 23.7 Å². The number of aryl methyl sites for hydroxylation is 2. The molecule has 0 spiro atoms. The Morgan fingerprint density at radius 2 is 2.17 bits per heavy atom. The molecule has 96 valence electrons. The van der Waals surface area contributed by atoms with E-state index in [9.17, 15) is 0 Å². The number of rotatable bonds is 1. The average Bonchev–Trinajstić information content (AvgIpc) is 2.65. The SMILES string of the molecule is Cc1cc2c(N3CCCC(N)C3)cccc2n1C. The van der Waals surface area contributed by atoms with E-state index in [0.717, 1.165) is 19.5 Å². The van der Waals surface area contributed by atoms with E-state index in [4.69, 9.17) is 5.73 Å². The van der Waals surface area contributed by atoms with Crippen molar-refractivity contribution >= 4 is 16.6 Å². The molecule has 2 N–H and O–H groups in total. The van der Waals surface area contributed by atoms with Gasteiger partial charge in [-0.05, 0) is 38.0 Å².